The van der Waals surface area contributed by atoms with Gasteiger partial charge >= 0.3 is 5.97 Å². The monoisotopic (exact) mass is 459 g/mol. The van der Waals surface area contributed by atoms with Gasteiger partial charge in [-0.1, -0.05) is 93.9 Å². The average molecular weight is 462 g/mol. The summed E-state index contributed by atoms with van der Waals surface area (Å²) < 4.78 is -3.88. The van der Waals surface area contributed by atoms with Crippen LogP contribution in [0.25, 0.3) is 17.5 Å². The molecule has 0 fully saturated rings. The molecular formula is C14H7Cl6N3O2. The summed E-state index contributed by atoms with van der Waals surface area (Å²) in [6, 6.07) is 6.59. The van der Waals surface area contributed by atoms with Crippen molar-refractivity contribution in [1.29, 1.82) is 0 Å². The lowest BCUT2D eigenvalue weighted by atomic mass is 10.1. The molecule has 5 nitrogen and oxygen atoms in total. The zero-order valence-electron chi connectivity index (χ0n) is 11.9. The lowest BCUT2D eigenvalue weighted by Gasteiger charge is -2.15. The number of aromatic nitrogens is 3. The second-order valence-electron chi connectivity index (χ2n) is 4.60. The summed E-state index contributed by atoms with van der Waals surface area (Å²) in [6.45, 7) is 0. The molecule has 1 aromatic carbocycles. The van der Waals surface area contributed by atoms with Crippen LogP contribution >= 0.6 is 69.6 Å². The third kappa shape index (κ3) is 5.84. The standard InChI is InChI=1S/C14H7Cl6N3O2/c15-13(16,17)11-21-10(22-12(23-11)14(18,19)20)8-4-1-7(2-5-8)3-6-9(24)25/h1-6H,(H,24,25)/b6-3+. The molecule has 25 heavy (non-hydrogen) atoms. The molecule has 11 heteroatoms. The minimum absolute atomic E-state index is 0.131. The predicted octanol–water partition coefficient (Wildman–Crippen LogP) is 5.29. The average Bonchev–Trinajstić information content (AvgIpc) is 2.51. The number of hydrogen-bond donors (Lipinski definition) is 1. The molecule has 0 saturated heterocycles. The van der Waals surface area contributed by atoms with E-state index in [0.29, 0.717) is 11.1 Å². The Morgan fingerprint density at radius 2 is 1.36 bits per heavy atom. The van der Waals surface area contributed by atoms with Crippen LogP contribution in [0.4, 0.5) is 0 Å². The highest BCUT2D eigenvalue weighted by Gasteiger charge is 2.33. The van der Waals surface area contributed by atoms with Gasteiger partial charge in [-0.05, 0) is 11.6 Å². The molecule has 0 bridgehead atoms. The molecule has 0 saturated carbocycles. The van der Waals surface area contributed by atoms with E-state index in [1.807, 2.05) is 0 Å². The smallest absolute Gasteiger partial charge is 0.328 e. The van der Waals surface area contributed by atoms with Gasteiger partial charge < -0.3 is 5.11 Å². The maximum atomic E-state index is 10.5. The summed E-state index contributed by atoms with van der Waals surface area (Å²) >= 11 is 34.9. The Kier molecular flexibility index (Phi) is 6.41. The molecule has 1 heterocycles. The number of nitrogens with zero attached hydrogens (tertiary/aromatic N) is 3. The Hall–Kier alpha value is -0.820. The second kappa shape index (κ2) is 7.82. The van der Waals surface area contributed by atoms with Gasteiger partial charge in [-0.15, -0.1) is 0 Å². The molecule has 0 unspecified atom stereocenters. The van der Waals surface area contributed by atoms with E-state index in [-0.39, 0.29) is 17.5 Å². The van der Waals surface area contributed by atoms with Crippen LogP contribution < -0.4 is 0 Å². The minimum Gasteiger partial charge on any atom is -0.478 e. The van der Waals surface area contributed by atoms with Crippen molar-refractivity contribution in [2.75, 3.05) is 0 Å². The van der Waals surface area contributed by atoms with Gasteiger partial charge in [0.05, 0.1) is 0 Å². The zero-order chi connectivity index (χ0) is 18.8. The number of aliphatic carboxylic acids is 1. The number of carbonyl (C=O) groups is 1. The maximum Gasteiger partial charge on any atom is 0.328 e. The summed E-state index contributed by atoms with van der Waals surface area (Å²) in [5.41, 5.74) is 1.18. The van der Waals surface area contributed by atoms with Gasteiger partial charge in [-0.25, -0.2) is 19.7 Å². The highest BCUT2D eigenvalue weighted by molar-refractivity contribution is 6.67. The molecule has 0 spiro atoms. The molecule has 2 aromatic rings. The summed E-state index contributed by atoms with van der Waals surface area (Å²) in [6.07, 6.45) is 2.44. The minimum atomic E-state index is -1.94. The lowest BCUT2D eigenvalue weighted by molar-refractivity contribution is -0.131. The van der Waals surface area contributed by atoms with Crippen molar-refractivity contribution in [3.05, 3.63) is 47.6 Å². The normalized spacial score (nSPS) is 12.6. The van der Waals surface area contributed by atoms with E-state index in [1.54, 1.807) is 24.3 Å². The number of carboxylic acid groups (broad SMARTS) is 1. The van der Waals surface area contributed by atoms with E-state index in [4.69, 9.17) is 74.7 Å². The van der Waals surface area contributed by atoms with Crippen LogP contribution in [0, 0.1) is 0 Å². The van der Waals surface area contributed by atoms with Crippen molar-refractivity contribution >= 4 is 81.7 Å². The molecular weight excluding hydrogens is 455 g/mol. The maximum absolute atomic E-state index is 10.5. The quantitative estimate of drug-likeness (QED) is 0.496. The first-order valence-corrected chi connectivity index (χ1v) is 8.65. The molecule has 0 amide bonds. The van der Waals surface area contributed by atoms with Crippen LogP contribution in [0.15, 0.2) is 30.3 Å². The van der Waals surface area contributed by atoms with Crippen molar-refractivity contribution in [3.8, 4) is 11.4 Å². The predicted molar refractivity (Wildman–Crippen MR) is 100 cm³/mol. The summed E-state index contributed by atoms with van der Waals surface area (Å²) in [7, 11) is 0. The second-order valence-corrected chi connectivity index (χ2v) is 9.16. The fourth-order valence-electron chi connectivity index (χ4n) is 1.67. The first-order chi connectivity index (χ1) is 11.5. The molecule has 132 valence electrons. The lowest BCUT2D eigenvalue weighted by Crippen LogP contribution is -2.16. The van der Waals surface area contributed by atoms with Gasteiger partial charge in [0.2, 0.25) is 7.59 Å². The highest BCUT2D eigenvalue weighted by atomic mass is 35.6. The van der Waals surface area contributed by atoms with E-state index in [0.717, 1.165) is 6.08 Å². The van der Waals surface area contributed by atoms with E-state index in [9.17, 15) is 4.79 Å². The first-order valence-electron chi connectivity index (χ1n) is 6.39. The van der Waals surface area contributed by atoms with Gasteiger partial charge in [0.15, 0.2) is 17.5 Å². The summed E-state index contributed by atoms with van der Waals surface area (Å²) in [5, 5.41) is 8.63. The summed E-state index contributed by atoms with van der Waals surface area (Å²) in [5.74, 6) is -1.31. The molecule has 1 aromatic heterocycles. The largest absolute Gasteiger partial charge is 0.478 e. The van der Waals surface area contributed by atoms with Gasteiger partial charge in [-0.2, -0.15) is 0 Å². The van der Waals surface area contributed by atoms with Gasteiger partial charge in [0, 0.05) is 11.6 Å². The zero-order valence-corrected chi connectivity index (χ0v) is 16.5. The van der Waals surface area contributed by atoms with E-state index in [2.05, 4.69) is 15.0 Å². The van der Waals surface area contributed by atoms with Crippen LogP contribution in [0.2, 0.25) is 0 Å². The van der Waals surface area contributed by atoms with Crippen molar-refractivity contribution in [2.45, 2.75) is 7.59 Å². The molecule has 1 N–H and O–H groups in total. The topological polar surface area (TPSA) is 76.0 Å². The number of halogens is 6. The number of benzene rings is 1. The Bertz CT molecular complexity index is 781. The van der Waals surface area contributed by atoms with Crippen molar-refractivity contribution in [3.63, 3.8) is 0 Å². The Morgan fingerprint density at radius 3 is 1.76 bits per heavy atom. The Morgan fingerprint density at radius 1 is 0.880 bits per heavy atom. The highest BCUT2D eigenvalue weighted by Crippen LogP contribution is 2.40. The third-order valence-corrected chi connectivity index (χ3v) is 3.74. The van der Waals surface area contributed by atoms with E-state index < -0.39 is 13.6 Å². The van der Waals surface area contributed by atoms with Crippen LogP contribution in [-0.4, -0.2) is 26.0 Å². The molecule has 0 aliphatic rings. The van der Waals surface area contributed by atoms with Crippen LogP contribution in [-0.2, 0) is 12.4 Å². The van der Waals surface area contributed by atoms with Crippen LogP contribution in [0.3, 0.4) is 0 Å². The van der Waals surface area contributed by atoms with Gasteiger partial charge in [-0.3, -0.25) is 0 Å². The van der Waals surface area contributed by atoms with E-state index in [1.165, 1.54) is 6.08 Å². The number of carboxylic acids is 1. The Balaban J connectivity index is 2.49. The van der Waals surface area contributed by atoms with Crippen molar-refractivity contribution in [2.24, 2.45) is 0 Å². The van der Waals surface area contributed by atoms with Gasteiger partial charge in [0.25, 0.3) is 0 Å². The fourth-order valence-corrected chi connectivity index (χ4v) is 2.18. The molecule has 0 radical (unpaired) electrons. The van der Waals surface area contributed by atoms with Crippen LogP contribution in [0.1, 0.15) is 17.2 Å². The molecule has 0 aliphatic heterocycles. The Labute approximate surface area is 172 Å². The SMILES string of the molecule is O=C(O)/C=C/c1ccc(-c2nc(C(Cl)(Cl)Cl)nc(C(Cl)(Cl)Cl)n2)cc1. The van der Waals surface area contributed by atoms with Crippen molar-refractivity contribution < 1.29 is 9.90 Å². The first kappa shape index (κ1) is 20.5. The fraction of sp³-hybridized carbons (Fsp3) is 0.143. The number of hydrogen-bond acceptors (Lipinski definition) is 4. The third-order valence-electron chi connectivity index (χ3n) is 2.73. The summed E-state index contributed by atoms with van der Waals surface area (Å²) in [4.78, 5) is 22.6. The number of alkyl halides is 6. The van der Waals surface area contributed by atoms with Crippen LogP contribution in [0.5, 0.6) is 0 Å². The molecule has 2 rings (SSSR count). The van der Waals surface area contributed by atoms with Crippen molar-refractivity contribution in [1.82, 2.24) is 15.0 Å². The molecule has 0 aliphatic carbocycles. The van der Waals surface area contributed by atoms with Gasteiger partial charge in [0.1, 0.15) is 0 Å². The molecule has 0 atom stereocenters. The number of rotatable bonds is 3. The van der Waals surface area contributed by atoms with E-state index >= 15 is 0 Å².